The van der Waals surface area contributed by atoms with Gasteiger partial charge in [-0.3, -0.25) is 4.79 Å². The van der Waals surface area contributed by atoms with Crippen molar-refractivity contribution >= 4 is 11.8 Å². The summed E-state index contributed by atoms with van der Waals surface area (Å²) in [5.41, 5.74) is 1.72. The second-order valence-corrected chi connectivity index (χ2v) is 4.83. The molecule has 0 aliphatic heterocycles. The van der Waals surface area contributed by atoms with Crippen molar-refractivity contribution in [1.29, 1.82) is 0 Å². The van der Waals surface area contributed by atoms with E-state index < -0.39 is 12.1 Å². The molecule has 102 valence electrons. The fraction of sp³-hybridized carbons (Fsp3) is 0.467. The third-order valence-electron chi connectivity index (χ3n) is 3.33. The van der Waals surface area contributed by atoms with Crippen molar-refractivity contribution in [3.8, 4) is 5.75 Å². The molecule has 0 spiro atoms. The molecule has 1 aromatic carbocycles. The lowest BCUT2D eigenvalue weighted by Crippen LogP contribution is -2.26. The molecule has 1 unspecified atom stereocenters. The first-order valence-electron chi connectivity index (χ1n) is 6.67. The molecule has 0 radical (unpaired) electrons. The van der Waals surface area contributed by atoms with E-state index in [2.05, 4.69) is 0 Å². The minimum atomic E-state index is -0.948. The minimum Gasteiger partial charge on any atom is -0.479 e. The van der Waals surface area contributed by atoms with Crippen LogP contribution >= 0.6 is 0 Å². The van der Waals surface area contributed by atoms with Crippen molar-refractivity contribution in [2.75, 3.05) is 0 Å². The van der Waals surface area contributed by atoms with E-state index in [9.17, 15) is 9.59 Å². The third kappa shape index (κ3) is 3.13. The Hall–Kier alpha value is -1.84. The highest BCUT2D eigenvalue weighted by Gasteiger charge is 2.21. The van der Waals surface area contributed by atoms with E-state index >= 15 is 0 Å². The largest absolute Gasteiger partial charge is 0.479 e. The topological polar surface area (TPSA) is 63.6 Å². The molecule has 2 rings (SSSR count). The van der Waals surface area contributed by atoms with Gasteiger partial charge in [0.25, 0.3) is 0 Å². The number of ether oxygens (including phenoxy) is 1. The fourth-order valence-corrected chi connectivity index (χ4v) is 2.36. The molecule has 0 fully saturated rings. The molecule has 4 nitrogen and oxygen atoms in total. The molecule has 0 saturated carbocycles. The van der Waals surface area contributed by atoms with Crippen molar-refractivity contribution in [2.24, 2.45) is 0 Å². The number of hydrogen-bond acceptors (Lipinski definition) is 3. The van der Waals surface area contributed by atoms with Crippen molar-refractivity contribution in [1.82, 2.24) is 0 Å². The highest BCUT2D eigenvalue weighted by atomic mass is 16.5. The maximum Gasteiger partial charge on any atom is 0.344 e. The first kappa shape index (κ1) is 13.6. The second kappa shape index (κ2) is 5.87. The van der Waals surface area contributed by atoms with Crippen LogP contribution in [0.4, 0.5) is 0 Å². The van der Waals surface area contributed by atoms with E-state index in [1.54, 1.807) is 18.2 Å². The monoisotopic (exact) mass is 262 g/mol. The summed E-state index contributed by atoms with van der Waals surface area (Å²) in [6.07, 6.45) is 2.71. The average Bonchev–Trinajstić information content (AvgIpc) is 2.38. The van der Waals surface area contributed by atoms with E-state index in [0.717, 1.165) is 30.4 Å². The predicted octanol–water partition coefficient (Wildman–Crippen LogP) is 2.84. The Morgan fingerprint density at radius 1 is 1.42 bits per heavy atom. The number of ketones is 1. The summed E-state index contributed by atoms with van der Waals surface area (Å²) in [5.74, 6) is -0.249. The van der Waals surface area contributed by atoms with Crippen molar-refractivity contribution in [3.05, 3.63) is 29.3 Å². The lowest BCUT2D eigenvalue weighted by molar-refractivity contribution is -0.145. The number of rotatable bonds is 5. The fourth-order valence-electron chi connectivity index (χ4n) is 2.36. The molecule has 0 saturated heterocycles. The van der Waals surface area contributed by atoms with Crippen LogP contribution in [0.3, 0.4) is 0 Å². The van der Waals surface area contributed by atoms with Crippen LogP contribution in [0.5, 0.6) is 5.75 Å². The Kier molecular flexibility index (Phi) is 4.20. The van der Waals surface area contributed by atoms with E-state index in [4.69, 9.17) is 9.84 Å². The van der Waals surface area contributed by atoms with Gasteiger partial charge in [-0.15, -0.1) is 0 Å². The number of carboxylic acid groups (broad SMARTS) is 1. The van der Waals surface area contributed by atoms with E-state index in [1.807, 2.05) is 6.92 Å². The standard InChI is InChI=1S/C15H18O4/c1-2-4-14(15(17)18)19-11-7-8-12-10(9-11)5-3-6-13(12)16/h7-9,14H,2-6H2,1H3,(H,17,18). The number of aliphatic carboxylic acids is 1. The number of carboxylic acids is 1. The molecular weight excluding hydrogens is 244 g/mol. The summed E-state index contributed by atoms with van der Waals surface area (Å²) in [6, 6.07) is 5.24. The smallest absolute Gasteiger partial charge is 0.344 e. The molecule has 1 aliphatic carbocycles. The van der Waals surface area contributed by atoms with Crippen molar-refractivity contribution in [3.63, 3.8) is 0 Å². The highest BCUT2D eigenvalue weighted by Crippen LogP contribution is 2.26. The van der Waals surface area contributed by atoms with Crippen molar-refractivity contribution < 1.29 is 19.4 Å². The zero-order valence-corrected chi connectivity index (χ0v) is 11.0. The molecule has 1 aromatic rings. The Balaban J connectivity index is 2.17. The molecule has 1 atom stereocenters. The number of fused-ring (bicyclic) bond motifs is 1. The van der Waals surface area contributed by atoms with Crippen LogP contribution in [0.2, 0.25) is 0 Å². The van der Waals surface area contributed by atoms with Crippen molar-refractivity contribution in [2.45, 2.75) is 45.1 Å². The number of benzene rings is 1. The van der Waals surface area contributed by atoms with Gasteiger partial charge in [-0.25, -0.2) is 4.79 Å². The second-order valence-electron chi connectivity index (χ2n) is 4.83. The van der Waals surface area contributed by atoms with Gasteiger partial charge in [-0.1, -0.05) is 13.3 Å². The third-order valence-corrected chi connectivity index (χ3v) is 3.33. The van der Waals surface area contributed by atoms with Crippen LogP contribution in [0.15, 0.2) is 18.2 Å². The number of carbonyl (C=O) groups is 2. The minimum absolute atomic E-state index is 0.163. The number of aryl methyl sites for hydroxylation is 1. The average molecular weight is 262 g/mol. The zero-order chi connectivity index (χ0) is 13.8. The van der Waals surface area contributed by atoms with E-state index in [-0.39, 0.29) is 5.78 Å². The Morgan fingerprint density at radius 3 is 2.89 bits per heavy atom. The number of hydrogen-bond donors (Lipinski definition) is 1. The van der Waals surface area contributed by atoms with Crippen LogP contribution in [0.1, 0.15) is 48.5 Å². The number of carbonyl (C=O) groups excluding carboxylic acids is 1. The molecule has 1 N–H and O–H groups in total. The van der Waals surface area contributed by atoms with E-state index in [0.29, 0.717) is 18.6 Å². The lowest BCUT2D eigenvalue weighted by Gasteiger charge is -2.18. The molecule has 4 heteroatoms. The van der Waals surface area contributed by atoms with Gasteiger partial charge < -0.3 is 9.84 Å². The van der Waals surface area contributed by atoms with Gasteiger partial charge in [0.2, 0.25) is 0 Å². The van der Waals surface area contributed by atoms with E-state index in [1.165, 1.54) is 0 Å². The first-order valence-corrected chi connectivity index (χ1v) is 6.67. The quantitative estimate of drug-likeness (QED) is 0.886. The first-order chi connectivity index (χ1) is 9.11. The van der Waals surface area contributed by atoms with Crippen LogP contribution in [-0.2, 0) is 11.2 Å². The Labute approximate surface area is 112 Å². The Morgan fingerprint density at radius 2 is 2.21 bits per heavy atom. The van der Waals surface area contributed by atoms with Gasteiger partial charge in [0, 0.05) is 12.0 Å². The molecule has 0 heterocycles. The van der Waals surface area contributed by atoms with Gasteiger partial charge in [-0.05, 0) is 43.0 Å². The molecule has 0 bridgehead atoms. The maximum atomic E-state index is 11.7. The summed E-state index contributed by atoms with van der Waals surface area (Å²) in [5, 5.41) is 9.07. The van der Waals surface area contributed by atoms with Gasteiger partial charge in [0.05, 0.1) is 0 Å². The molecule has 1 aliphatic rings. The van der Waals surface area contributed by atoms with Gasteiger partial charge in [0.1, 0.15) is 5.75 Å². The summed E-state index contributed by atoms with van der Waals surface area (Å²) >= 11 is 0. The Bertz CT molecular complexity index is 493. The summed E-state index contributed by atoms with van der Waals surface area (Å²) in [6.45, 7) is 1.92. The normalized spacial score (nSPS) is 15.7. The van der Waals surface area contributed by atoms with Gasteiger partial charge in [0.15, 0.2) is 11.9 Å². The molecule has 19 heavy (non-hydrogen) atoms. The highest BCUT2D eigenvalue weighted by molar-refractivity contribution is 5.98. The molecule has 0 amide bonds. The molecule has 0 aromatic heterocycles. The lowest BCUT2D eigenvalue weighted by atomic mass is 9.90. The van der Waals surface area contributed by atoms with Crippen LogP contribution < -0.4 is 4.74 Å². The predicted molar refractivity (Wildman–Crippen MR) is 70.7 cm³/mol. The summed E-state index contributed by atoms with van der Waals surface area (Å²) in [7, 11) is 0. The number of Topliss-reactive ketones (excluding diaryl/α,β-unsaturated/α-hetero) is 1. The van der Waals surface area contributed by atoms with Crippen LogP contribution in [0, 0.1) is 0 Å². The van der Waals surface area contributed by atoms with Crippen LogP contribution in [0.25, 0.3) is 0 Å². The summed E-state index contributed by atoms with van der Waals surface area (Å²) in [4.78, 5) is 22.8. The van der Waals surface area contributed by atoms with Gasteiger partial charge >= 0.3 is 5.97 Å². The SMILES string of the molecule is CCCC(Oc1ccc2c(c1)CCCC2=O)C(=O)O. The molecular formula is C15H18O4. The summed E-state index contributed by atoms with van der Waals surface area (Å²) < 4.78 is 5.51. The zero-order valence-electron chi connectivity index (χ0n) is 11.0. The van der Waals surface area contributed by atoms with Crippen LogP contribution in [-0.4, -0.2) is 23.0 Å². The maximum absolute atomic E-state index is 11.7. The van der Waals surface area contributed by atoms with Gasteiger partial charge in [-0.2, -0.15) is 0 Å².